The van der Waals surface area contributed by atoms with Crippen LogP contribution in [0, 0.1) is 0 Å². The molecule has 6 heteroatoms. The lowest BCUT2D eigenvalue weighted by Crippen LogP contribution is -2.53. The van der Waals surface area contributed by atoms with E-state index < -0.39 is 17.9 Å². The van der Waals surface area contributed by atoms with Crippen LogP contribution in [0.4, 0.5) is 0 Å². The number of ketones is 1. The van der Waals surface area contributed by atoms with E-state index in [1.54, 1.807) is 12.1 Å². The molecule has 2 heterocycles. The van der Waals surface area contributed by atoms with E-state index in [9.17, 15) is 14.4 Å². The minimum atomic E-state index is -0.905. The first kappa shape index (κ1) is 19.9. The molecule has 1 aliphatic rings. The third-order valence-electron chi connectivity index (χ3n) is 5.95. The molecule has 0 saturated heterocycles. The Balaban J connectivity index is 1.80. The quantitative estimate of drug-likeness (QED) is 0.504. The molecule has 0 bridgehead atoms. The Labute approximate surface area is 184 Å². The predicted molar refractivity (Wildman–Crippen MR) is 121 cm³/mol. The van der Waals surface area contributed by atoms with Crippen molar-refractivity contribution in [2.45, 2.75) is 24.8 Å². The number of aromatic nitrogens is 2. The fourth-order valence-corrected chi connectivity index (χ4v) is 4.62. The molecule has 5 rings (SSSR count). The van der Waals surface area contributed by atoms with Crippen molar-refractivity contribution in [3.8, 4) is 0 Å². The summed E-state index contributed by atoms with van der Waals surface area (Å²) in [6, 6.07) is 24.8. The number of nitrogens with one attached hydrogen (secondary N) is 1. The molecule has 0 aliphatic carbocycles. The van der Waals surface area contributed by atoms with Crippen LogP contribution in [0.25, 0.3) is 11.0 Å². The number of benzene rings is 3. The first-order chi connectivity index (χ1) is 15.6. The highest BCUT2D eigenvalue weighted by Crippen LogP contribution is 2.43. The fourth-order valence-electron chi connectivity index (χ4n) is 4.62. The molecule has 3 aromatic carbocycles. The van der Waals surface area contributed by atoms with Crippen LogP contribution in [0.2, 0.25) is 0 Å². The van der Waals surface area contributed by atoms with Gasteiger partial charge < -0.3 is 5.32 Å². The summed E-state index contributed by atoms with van der Waals surface area (Å²) in [6.45, 7) is 1.38. The van der Waals surface area contributed by atoms with Crippen molar-refractivity contribution < 1.29 is 14.4 Å². The summed E-state index contributed by atoms with van der Waals surface area (Å²) < 4.78 is 1.50. The summed E-state index contributed by atoms with van der Waals surface area (Å²) in [4.78, 5) is 44.4. The van der Waals surface area contributed by atoms with Crippen LogP contribution in [-0.4, -0.2) is 33.2 Å². The van der Waals surface area contributed by atoms with Crippen LogP contribution in [-0.2, 0) is 4.79 Å². The van der Waals surface area contributed by atoms with Crippen LogP contribution >= 0.6 is 0 Å². The lowest BCUT2D eigenvalue weighted by molar-refractivity contribution is -0.119. The Morgan fingerprint density at radius 1 is 0.875 bits per heavy atom. The fraction of sp³-hybridized carbons (Fsp3) is 0.154. The molecular formula is C26H21N3O3. The molecular weight excluding hydrogens is 402 g/mol. The van der Waals surface area contributed by atoms with E-state index in [4.69, 9.17) is 4.98 Å². The minimum Gasteiger partial charge on any atom is -0.344 e. The number of hydrogen-bond donors (Lipinski definition) is 1. The maximum Gasteiger partial charge on any atom is 0.255 e. The second-order valence-corrected chi connectivity index (χ2v) is 7.95. The summed E-state index contributed by atoms with van der Waals surface area (Å²) in [5, 5.41) is 2.82. The maximum atomic E-state index is 13.9. The number of hydrogen-bond acceptors (Lipinski definition) is 4. The zero-order valence-corrected chi connectivity index (χ0v) is 17.4. The number of amides is 1. The molecule has 0 fully saturated rings. The third kappa shape index (κ3) is 3.21. The third-order valence-corrected chi connectivity index (χ3v) is 5.95. The highest BCUT2D eigenvalue weighted by atomic mass is 16.2. The molecule has 0 radical (unpaired) electrons. The SMILES string of the molecule is CC(=O)N[C@@H]1C(=O)n2c(nc3ccccc32)[C@@H](C(=O)c2ccccc2)[C@@H]1c1ccccc1. The van der Waals surface area contributed by atoms with E-state index in [2.05, 4.69) is 5.32 Å². The van der Waals surface area contributed by atoms with E-state index in [1.807, 2.05) is 72.8 Å². The van der Waals surface area contributed by atoms with E-state index in [0.717, 1.165) is 5.56 Å². The molecule has 4 aromatic rings. The minimum absolute atomic E-state index is 0.140. The lowest BCUT2D eigenvalue weighted by Gasteiger charge is -2.37. The molecule has 1 amide bonds. The predicted octanol–water partition coefficient (Wildman–Crippen LogP) is 3.95. The molecule has 158 valence electrons. The van der Waals surface area contributed by atoms with Crippen LogP contribution in [0.3, 0.4) is 0 Å². The van der Waals surface area contributed by atoms with Gasteiger partial charge in [-0.05, 0) is 17.7 Å². The van der Waals surface area contributed by atoms with Crippen molar-refractivity contribution in [3.63, 3.8) is 0 Å². The van der Waals surface area contributed by atoms with Gasteiger partial charge in [-0.15, -0.1) is 0 Å². The second kappa shape index (κ2) is 7.89. The van der Waals surface area contributed by atoms with Crippen molar-refractivity contribution in [2.75, 3.05) is 0 Å². The lowest BCUT2D eigenvalue weighted by atomic mass is 9.74. The molecule has 0 saturated carbocycles. The van der Waals surface area contributed by atoms with E-state index in [1.165, 1.54) is 11.5 Å². The van der Waals surface area contributed by atoms with Crippen molar-refractivity contribution in [1.29, 1.82) is 0 Å². The second-order valence-electron chi connectivity index (χ2n) is 7.95. The van der Waals surface area contributed by atoms with Gasteiger partial charge >= 0.3 is 0 Å². The number of fused-ring (bicyclic) bond motifs is 3. The van der Waals surface area contributed by atoms with Crippen molar-refractivity contribution in [3.05, 3.63) is 102 Å². The Hall–Kier alpha value is -4.06. The maximum absolute atomic E-state index is 13.9. The highest BCUT2D eigenvalue weighted by Gasteiger charge is 2.48. The van der Waals surface area contributed by atoms with Gasteiger partial charge in [0.25, 0.3) is 5.91 Å². The molecule has 1 aliphatic heterocycles. The number of para-hydroxylation sites is 2. The van der Waals surface area contributed by atoms with Gasteiger partial charge in [0.15, 0.2) is 5.78 Å². The molecule has 0 unspecified atom stereocenters. The standard InChI is InChI=1S/C26H21N3O3/c1-16(30)27-23-21(17-10-4-2-5-11-17)22(24(31)18-12-6-3-7-13-18)25-28-19-14-8-9-15-20(19)29(25)26(23)32/h2-15,21-23H,1H3,(H,27,30)/t21-,22+,23-/m0/s1. The van der Waals surface area contributed by atoms with E-state index in [0.29, 0.717) is 22.4 Å². The molecule has 1 N–H and O–H groups in total. The van der Waals surface area contributed by atoms with Crippen LogP contribution in [0.5, 0.6) is 0 Å². The average Bonchev–Trinajstić information content (AvgIpc) is 3.20. The Bertz CT molecular complexity index is 1330. The first-order valence-corrected chi connectivity index (χ1v) is 10.5. The van der Waals surface area contributed by atoms with Gasteiger partial charge in [-0.2, -0.15) is 0 Å². The Morgan fingerprint density at radius 3 is 2.19 bits per heavy atom. The number of Topliss-reactive ketones (excluding diaryl/α,β-unsaturated/α-hetero) is 1. The molecule has 6 nitrogen and oxygen atoms in total. The zero-order valence-electron chi connectivity index (χ0n) is 17.4. The van der Waals surface area contributed by atoms with Crippen LogP contribution in [0.1, 0.15) is 45.3 Å². The van der Waals surface area contributed by atoms with Gasteiger partial charge in [-0.3, -0.25) is 19.0 Å². The van der Waals surface area contributed by atoms with Gasteiger partial charge in [-0.25, -0.2) is 4.98 Å². The Kier molecular flexibility index (Phi) is 4.90. The first-order valence-electron chi connectivity index (χ1n) is 10.5. The van der Waals surface area contributed by atoms with Gasteiger partial charge in [0, 0.05) is 18.4 Å². The highest BCUT2D eigenvalue weighted by molar-refractivity contribution is 6.06. The zero-order chi connectivity index (χ0) is 22.2. The van der Waals surface area contributed by atoms with Crippen molar-refractivity contribution in [1.82, 2.24) is 14.9 Å². The number of nitrogens with zero attached hydrogens (tertiary/aromatic N) is 2. The molecule has 32 heavy (non-hydrogen) atoms. The van der Waals surface area contributed by atoms with E-state index in [-0.39, 0.29) is 17.6 Å². The van der Waals surface area contributed by atoms with Gasteiger partial charge in [0.1, 0.15) is 11.9 Å². The van der Waals surface area contributed by atoms with Gasteiger partial charge in [0.05, 0.1) is 17.0 Å². The topological polar surface area (TPSA) is 81.1 Å². The largest absolute Gasteiger partial charge is 0.344 e. The van der Waals surface area contributed by atoms with E-state index >= 15 is 0 Å². The molecule has 1 aromatic heterocycles. The van der Waals surface area contributed by atoms with Gasteiger partial charge in [-0.1, -0.05) is 72.8 Å². The smallest absolute Gasteiger partial charge is 0.255 e. The summed E-state index contributed by atoms with van der Waals surface area (Å²) in [7, 11) is 0. The number of rotatable bonds is 4. The van der Waals surface area contributed by atoms with Crippen molar-refractivity contribution >= 4 is 28.6 Å². The van der Waals surface area contributed by atoms with Crippen LogP contribution in [0.15, 0.2) is 84.9 Å². The normalized spacial score (nSPS) is 20.0. The summed E-state index contributed by atoms with van der Waals surface area (Å²) in [5.41, 5.74) is 2.59. The summed E-state index contributed by atoms with van der Waals surface area (Å²) in [5.74, 6) is -1.70. The van der Waals surface area contributed by atoms with Crippen LogP contribution < -0.4 is 5.32 Å². The monoisotopic (exact) mass is 423 g/mol. The molecule has 3 atom stereocenters. The van der Waals surface area contributed by atoms with Gasteiger partial charge in [0.2, 0.25) is 5.91 Å². The van der Waals surface area contributed by atoms with Crippen molar-refractivity contribution in [2.24, 2.45) is 0 Å². The Morgan fingerprint density at radius 2 is 1.50 bits per heavy atom. The number of carbonyl (C=O) groups excluding carboxylic acids is 3. The molecule has 0 spiro atoms. The summed E-state index contributed by atoms with van der Waals surface area (Å²) in [6.07, 6.45) is 0. The number of imidazole rings is 1. The summed E-state index contributed by atoms with van der Waals surface area (Å²) >= 11 is 0. The average molecular weight is 423 g/mol. The number of carbonyl (C=O) groups is 3.